The maximum Gasteiger partial charge on any atom is 0.187 e. The molecule has 2 aromatic heterocycles. The second kappa shape index (κ2) is 4.64. The number of anilines is 2. The van der Waals surface area contributed by atoms with Crippen LogP contribution in [0.2, 0.25) is 0 Å². The van der Waals surface area contributed by atoms with E-state index in [4.69, 9.17) is 21.5 Å². The molecule has 4 N–H and O–H groups in total. The first-order valence-corrected chi connectivity index (χ1v) is 6.00. The van der Waals surface area contributed by atoms with Crippen LogP contribution in [0.3, 0.4) is 0 Å². The zero-order valence-corrected chi connectivity index (χ0v) is 11.1. The minimum Gasteiger partial charge on any atom is -0.497 e. The Kier molecular flexibility index (Phi) is 2.80. The quantitative estimate of drug-likeness (QED) is 0.712. The van der Waals surface area contributed by atoms with Crippen LogP contribution < -0.4 is 16.2 Å². The molecule has 0 amide bonds. The van der Waals surface area contributed by atoms with Crippen molar-refractivity contribution < 1.29 is 4.74 Å². The molecule has 0 fully saturated rings. The van der Waals surface area contributed by atoms with E-state index < -0.39 is 0 Å². The fourth-order valence-electron chi connectivity index (χ4n) is 1.99. The zero-order valence-electron chi connectivity index (χ0n) is 11.1. The molecule has 1 aromatic carbocycles. The Bertz CT molecular complexity index is 861. The standard InChI is InChI=1S/C13H11N7O/c1-21-8-4-2-7(3-5-8)20-13-11(18-19-20)10(15)9(6-14)12(16)17-13/h2-5H,1H3,(H4,15,16,17). The molecule has 8 heteroatoms. The summed E-state index contributed by atoms with van der Waals surface area (Å²) >= 11 is 0. The molecule has 0 aliphatic rings. The molecular weight excluding hydrogens is 270 g/mol. The highest BCUT2D eigenvalue weighted by atomic mass is 16.5. The van der Waals surface area contributed by atoms with Crippen molar-refractivity contribution >= 4 is 22.7 Å². The van der Waals surface area contributed by atoms with E-state index in [1.807, 2.05) is 6.07 Å². The Morgan fingerprint density at radius 2 is 1.95 bits per heavy atom. The van der Waals surface area contributed by atoms with E-state index in [0.29, 0.717) is 11.2 Å². The minimum absolute atomic E-state index is 0.0551. The number of pyridine rings is 1. The first-order chi connectivity index (χ1) is 10.2. The van der Waals surface area contributed by atoms with E-state index in [0.717, 1.165) is 11.4 Å². The minimum atomic E-state index is 0.0551. The summed E-state index contributed by atoms with van der Waals surface area (Å²) < 4.78 is 6.61. The lowest BCUT2D eigenvalue weighted by atomic mass is 10.2. The van der Waals surface area contributed by atoms with E-state index in [1.54, 1.807) is 31.4 Å². The van der Waals surface area contributed by atoms with Crippen LogP contribution in [0.4, 0.5) is 11.5 Å². The first kappa shape index (κ1) is 12.7. The van der Waals surface area contributed by atoms with Crippen molar-refractivity contribution in [1.29, 1.82) is 5.26 Å². The molecule has 2 heterocycles. The second-order valence-corrected chi connectivity index (χ2v) is 4.27. The predicted molar refractivity (Wildman–Crippen MR) is 76.8 cm³/mol. The Balaban J connectivity index is 2.23. The van der Waals surface area contributed by atoms with Gasteiger partial charge in [0.1, 0.15) is 23.2 Å². The average molecular weight is 281 g/mol. The SMILES string of the molecule is COc1ccc(-n2nnc3c(N)c(C#N)c(N)nc32)cc1. The average Bonchev–Trinajstić information content (AvgIpc) is 2.91. The summed E-state index contributed by atoms with van der Waals surface area (Å²) in [4.78, 5) is 4.17. The molecule has 0 aliphatic carbocycles. The molecule has 0 radical (unpaired) electrons. The third-order valence-electron chi connectivity index (χ3n) is 3.08. The maximum atomic E-state index is 9.02. The topological polar surface area (TPSA) is 129 Å². The largest absolute Gasteiger partial charge is 0.497 e. The molecule has 8 nitrogen and oxygen atoms in total. The number of nitrogens with zero attached hydrogens (tertiary/aromatic N) is 5. The lowest BCUT2D eigenvalue weighted by Crippen LogP contribution is -2.04. The summed E-state index contributed by atoms with van der Waals surface area (Å²) in [7, 11) is 1.59. The summed E-state index contributed by atoms with van der Waals surface area (Å²) in [5.74, 6) is 0.779. The van der Waals surface area contributed by atoms with Gasteiger partial charge in [0.2, 0.25) is 0 Å². The molecule has 0 saturated heterocycles. The molecular formula is C13H11N7O. The molecule has 21 heavy (non-hydrogen) atoms. The van der Waals surface area contributed by atoms with E-state index in [1.165, 1.54) is 4.68 Å². The van der Waals surface area contributed by atoms with Crippen molar-refractivity contribution in [3.05, 3.63) is 29.8 Å². The fourth-order valence-corrected chi connectivity index (χ4v) is 1.99. The number of hydrogen-bond donors (Lipinski definition) is 2. The van der Waals surface area contributed by atoms with E-state index in [-0.39, 0.29) is 17.1 Å². The Hall–Kier alpha value is -3.34. The molecule has 0 atom stereocenters. The number of nitrogens with two attached hydrogens (primary N) is 2. The van der Waals surface area contributed by atoms with Gasteiger partial charge in [0.05, 0.1) is 18.5 Å². The number of aromatic nitrogens is 4. The van der Waals surface area contributed by atoms with Crippen LogP contribution in [-0.4, -0.2) is 27.1 Å². The van der Waals surface area contributed by atoms with E-state index >= 15 is 0 Å². The van der Waals surface area contributed by atoms with Gasteiger partial charge in [0.15, 0.2) is 11.2 Å². The molecule has 3 aromatic rings. The maximum absolute atomic E-state index is 9.02. The lowest BCUT2D eigenvalue weighted by molar-refractivity contribution is 0.414. The van der Waals surface area contributed by atoms with Gasteiger partial charge in [-0.2, -0.15) is 9.94 Å². The highest BCUT2D eigenvalue weighted by Gasteiger charge is 2.17. The predicted octanol–water partition coefficient (Wildman–Crippen LogP) is 0.860. The molecule has 0 bridgehead atoms. The van der Waals surface area contributed by atoms with Gasteiger partial charge in [-0.25, -0.2) is 4.98 Å². The summed E-state index contributed by atoms with van der Waals surface area (Å²) in [6.45, 7) is 0. The molecule has 3 rings (SSSR count). The zero-order chi connectivity index (χ0) is 15.0. The molecule has 0 spiro atoms. The summed E-state index contributed by atoms with van der Waals surface area (Å²) in [5.41, 5.74) is 13.4. The van der Waals surface area contributed by atoms with Crippen LogP contribution in [0.25, 0.3) is 16.9 Å². The van der Waals surface area contributed by atoms with Crippen molar-refractivity contribution in [3.8, 4) is 17.5 Å². The normalized spacial score (nSPS) is 10.5. The van der Waals surface area contributed by atoms with Gasteiger partial charge in [0.25, 0.3) is 0 Å². The number of benzene rings is 1. The van der Waals surface area contributed by atoms with Crippen LogP contribution in [0, 0.1) is 11.3 Å². The number of rotatable bonds is 2. The van der Waals surface area contributed by atoms with E-state index in [2.05, 4.69) is 15.3 Å². The van der Waals surface area contributed by atoms with Gasteiger partial charge in [-0.1, -0.05) is 5.21 Å². The molecule has 0 saturated carbocycles. The number of ether oxygens (including phenoxy) is 1. The highest BCUT2D eigenvalue weighted by molar-refractivity contribution is 5.91. The van der Waals surface area contributed by atoms with E-state index in [9.17, 15) is 0 Å². The molecule has 0 unspecified atom stereocenters. The van der Waals surface area contributed by atoms with Crippen LogP contribution in [-0.2, 0) is 0 Å². The van der Waals surface area contributed by atoms with Crippen molar-refractivity contribution in [2.24, 2.45) is 0 Å². The van der Waals surface area contributed by atoms with Crippen LogP contribution in [0.15, 0.2) is 24.3 Å². The van der Waals surface area contributed by atoms with Gasteiger partial charge in [-0.15, -0.1) is 5.10 Å². The smallest absolute Gasteiger partial charge is 0.187 e. The fraction of sp³-hybridized carbons (Fsp3) is 0.0769. The number of nitriles is 1. The van der Waals surface area contributed by atoms with Gasteiger partial charge in [-0.3, -0.25) is 0 Å². The first-order valence-electron chi connectivity index (χ1n) is 6.00. The third-order valence-corrected chi connectivity index (χ3v) is 3.08. The van der Waals surface area contributed by atoms with Crippen LogP contribution >= 0.6 is 0 Å². The summed E-state index contributed by atoms with van der Waals surface area (Å²) in [6.07, 6.45) is 0. The highest BCUT2D eigenvalue weighted by Crippen LogP contribution is 2.26. The second-order valence-electron chi connectivity index (χ2n) is 4.27. The monoisotopic (exact) mass is 281 g/mol. The van der Waals surface area contributed by atoms with Crippen LogP contribution in [0.1, 0.15) is 5.56 Å². The van der Waals surface area contributed by atoms with Gasteiger partial charge < -0.3 is 16.2 Å². The number of methoxy groups -OCH3 is 1. The number of hydrogen-bond acceptors (Lipinski definition) is 7. The van der Waals surface area contributed by atoms with Crippen molar-refractivity contribution in [2.45, 2.75) is 0 Å². The molecule has 0 aliphatic heterocycles. The summed E-state index contributed by atoms with van der Waals surface area (Å²) in [5, 5.41) is 17.0. The van der Waals surface area contributed by atoms with Crippen molar-refractivity contribution in [2.75, 3.05) is 18.6 Å². The Labute approximate surface area is 119 Å². The lowest BCUT2D eigenvalue weighted by Gasteiger charge is -2.05. The Morgan fingerprint density at radius 1 is 1.24 bits per heavy atom. The summed E-state index contributed by atoms with van der Waals surface area (Å²) in [6, 6.07) is 9.11. The van der Waals surface area contributed by atoms with Crippen LogP contribution in [0.5, 0.6) is 5.75 Å². The Morgan fingerprint density at radius 3 is 2.57 bits per heavy atom. The van der Waals surface area contributed by atoms with Crippen molar-refractivity contribution in [1.82, 2.24) is 20.0 Å². The van der Waals surface area contributed by atoms with Gasteiger partial charge >= 0.3 is 0 Å². The third kappa shape index (κ3) is 1.88. The number of nitrogen functional groups attached to an aromatic ring is 2. The number of fused-ring (bicyclic) bond motifs is 1. The van der Waals surface area contributed by atoms with Gasteiger partial charge in [-0.05, 0) is 24.3 Å². The molecule has 104 valence electrons. The van der Waals surface area contributed by atoms with Gasteiger partial charge in [0, 0.05) is 0 Å². The van der Waals surface area contributed by atoms with Crippen molar-refractivity contribution in [3.63, 3.8) is 0 Å².